The lowest BCUT2D eigenvalue weighted by molar-refractivity contribution is -0.385. The van der Waals surface area contributed by atoms with Gasteiger partial charge in [0.15, 0.2) is 15.8 Å². The zero-order valence-corrected chi connectivity index (χ0v) is 17.4. The Labute approximate surface area is 173 Å². The van der Waals surface area contributed by atoms with E-state index in [1.807, 2.05) is 0 Å². The highest BCUT2D eigenvalue weighted by molar-refractivity contribution is 8.01. The first-order chi connectivity index (χ1) is 13.9. The van der Waals surface area contributed by atoms with Crippen molar-refractivity contribution in [3.8, 4) is 11.5 Å². The molecular formula is C16H18N4O7S2. The van der Waals surface area contributed by atoms with Crippen LogP contribution in [0.25, 0.3) is 0 Å². The molecule has 1 aromatic carbocycles. The minimum Gasteiger partial charge on any atom is -0.493 e. The standard InChI is InChI=1S/C16H18N4O7S2/c1-4-26-12-7-10(20(23)24)9(6-11(12)25-3)14(22)17-15-18-19-16(29-15)28-8-13(21)27-5-2/h6-7H,4-5,8H2,1-3H3,(H,17,18,22). The van der Waals surface area contributed by atoms with Gasteiger partial charge >= 0.3 is 5.97 Å². The molecule has 13 heteroatoms. The van der Waals surface area contributed by atoms with Gasteiger partial charge in [-0.25, -0.2) is 0 Å². The van der Waals surface area contributed by atoms with Crippen LogP contribution in [0.15, 0.2) is 16.5 Å². The van der Waals surface area contributed by atoms with Crippen molar-refractivity contribution in [2.45, 2.75) is 18.2 Å². The molecule has 11 nitrogen and oxygen atoms in total. The zero-order valence-electron chi connectivity index (χ0n) is 15.8. The van der Waals surface area contributed by atoms with Crippen molar-refractivity contribution in [1.82, 2.24) is 10.2 Å². The number of nitrogens with one attached hydrogen (secondary N) is 1. The summed E-state index contributed by atoms with van der Waals surface area (Å²) in [6.45, 7) is 3.98. The van der Waals surface area contributed by atoms with Gasteiger partial charge in [0.1, 0.15) is 5.56 Å². The highest BCUT2D eigenvalue weighted by Gasteiger charge is 2.25. The first kappa shape index (κ1) is 22.4. The van der Waals surface area contributed by atoms with E-state index in [2.05, 4.69) is 15.5 Å². The normalized spacial score (nSPS) is 10.3. The molecule has 0 radical (unpaired) electrons. The number of nitrogens with zero attached hydrogens (tertiary/aromatic N) is 3. The lowest BCUT2D eigenvalue weighted by atomic mass is 10.1. The average Bonchev–Trinajstić information content (AvgIpc) is 3.13. The number of anilines is 1. The van der Waals surface area contributed by atoms with Crippen molar-refractivity contribution in [2.24, 2.45) is 0 Å². The Morgan fingerprint density at radius 1 is 1.24 bits per heavy atom. The number of aromatic nitrogens is 2. The van der Waals surface area contributed by atoms with Gasteiger partial charge in [0.25, 0.3) is 11.6 Å². The Balaban J connectivity index is 2.18. The monoisotopic (exact) mass is 442 g/mol. The number of methoxy groups -OCH3 is 1. The van der Waals surface area contributed by atoms with E-state index in [0.717, 1.165) is 29.2 Å². The number of hydrogen-bond donors (Lipinski definition) is 1. The second-order valence-electron chi connectivity index (χ2n) is 5.13. The molecule has 1 heterocycles. The molecule has 2 rings (SSSR count). The number of amides is 1. The Morgan fingerprint density at radius 3 is 2.62 bits per heavy atom. The molecule has 2 aromatic rings. The van der Waals surface area contributed by atoms with Gasteiger partial charge in [-0.15, -0.1) is 10.2 Å². The van der Waals surface area contributed by atoms with Crippen LogP contribution in [0.3, 0.4) is 0 Å². The molecule has 156 valence electrons. The molecule has 0 spiro atoms. The summed E-state index contributed by atoms with van der Waals surface area (Å²) < 4.78 is 15.7. The van der Waals surface area contributed by atoms with Crippen LogP contribution in [-0.4, -0.2) is 53.1 Å². The summed E-state index contributed by atoms with van der Waals surface area (Å²) in [5.41, 5.74) is -0.653. The third-order valence-corrected chi connectivity index (χ3v) is 5.21. The third kappa shape index (κ3) is 6.02. The van der Waals surface area contributed by atoms with Gasteiger partial charge in [0, 0.05) is 6.07 Å². The van der Waals surface area contributed by atoms with Gasteiger partial charge in [0.05, 0.1) is 37.1 Å². The fourth-order valence-corrected chi connectivity index (χ4v) is 3.66. The number of thioether (sulfide) groups is 1. The summed E-state index contributed by atoms with van der Waals surface area (Å²) in [7, 11) is 1.36. The van der Waals surface area contributed by atoms with Gasteiger partial charge < -0.3 is 14.2 Å². The molecule has 1 aromatic heterocycles. The Kier molecular flexibility index (Phi) is 8.15. The molecule has 1 amide bonds. The smallest absolute Gasteiger partial charge is 0.316 e. The summed E-state index contributed by atoms with van der Waals surface area (Å²) >= 11 is 2.13. The van der Waals surface area contributed by atoms with Crippen molar-refractivity contribution in [3.05, 3.63) is 27.8 Å². The van der Waals surface area contributed by atoms with E-state index < -0.39 is 22.5 Å². The molecule has 0 saturated carbocycles. The van der Waals surface area contributed by atoms with Crippen molar-refractivity contribution in [2.75, 3.05) is 31.4 Å². The molecular weight excluding hydrogens is 424 g/mol. The highest BCUT2D eigenvalue weighted by Crippen LogP contribution is 2.35. The zero-order chi connectivity index (χ0) is 21.4. The first-order valence-corrected chi connectivity index (χ1v) is 10.1. The minimum atomic E-state index is -0.754. The number of benzene rings is 1. The van der Waals surface area contributed by atoms with E-state index in [-0.39, 0.29) is 41.2 Å². The van der Waals surface area contributed by atoms with Crippen molar-refractivity contribution in [1.29, 1.82) is 0 Å². The van der Waals surface area contributed by atoms with E-state index >= 15 is 0 Å². The predicted molar refractivity (Wildman–Crippen MR) is 106 cm³/mol. The summed E-state index contributed by atoms with van der Waals surface area (Å²) in [4.78, 5) is 34.7. The molecule has 0 aliphatic carbocycles. The Hall–Kier alpha value is -2.93. The lowest BCUT2D eigenvalue weighted by Gasteiger charge is -2.11. The van der Waals surface area contributed by atoms with Crippen LogP contribution in [-0.2, 0) is 9.53 Å². The van der Waals surface area contributed by atoms with E-state index in [0.29, 0.717) is 4.34 Å². The predicted octanol–water partition coefficient (Wildman–Crippen LogP) is 2.76. The van der Waals surface area contributed by atoms with Crippen LogP contribution in [0.5, 0.6) is 11.5 Å². The van der Waals surface area contributed by atoms with Crippen LogP contribution < -0.4 is 14.8 Å². The molecule has 0 bridgehead atoms. The highest BCUT2D eigenvalue weighted by atomic mass is 32.2. The number of hydrogen-bond acceptors (Lipinski definition) is 11. The molecule has 0 unspecified atom stereocenters. The van der Waals surface area contributed by atoms with Gasteiger partial charge in [-0.2, -0.15) is 0 Å². The first-order valence-electron chi connectivity index (χ1n) is 8.32. The van der Waals surface area contributed by atoms with E-state index in [1.54, 1.807) is 13.8 Å². The fourth-order valence-electron chi connectivity index (χ4n) is 2.12. The number of ether oxygens (including phenoxy) is 3. The maximum atomic E-state index is 12.6. The van der Waals surface area contributed by atoms with Crippen LogP contribution in [0, 0.1) is 10.1 Å². The topological polar surface area (TPSA) is 143 Å². The summed E-state index contributed by atoms with van der Waals surface area (Å²) in [6, 6.07) is 2.37. The number of carbonyl (C=O) groups excluding carboxylic acids is 2. The molecule has 0 atom stereocenters. The second kappa shape index (κ2) is 10.6. The Bertz CT molecular complexity index is 903. The minimum absolute atomic E-state index is 0.0536. The van der Waals surface area contributed by atoms with Crippen molar-refractivity contribution >= 4 is 45.8 Å². The Morgan fingerprint density at radius 2 is 2.00 bits per heavy atom. The summed E-state index contributed by atoms with van der Waals surface area (Å²) in [6.07, 6.45) is 0. The third-order valence-electron chi connectivity index (χ3n) is 3.27. The number of rotatable bonds is 10. The van der Waals surface area contributed by atoms with Crippen LogP contribution in [0.1, 0.15) is 24.2 Å². The number of nitro benzene ring substituents is 1. The lowest BCUT2D eigenvalue weighted by Crippen LogP contribution is -2.14. The number of esters is 1. The van der Waals surface area contributed by atoms with E-state index in [4.69, 9.17) is 14.2 Å². The second-order valence-corrected chi connectivity index (χ2v) is 7.33. The van der Waals surface area contributed by atoms with Crippen LogP contribution >= 0.6 is 23.1 Å². The number of nitro groups is 1. The van der Waals surface area contributed by atoms with E-state index in [1.165, 1.54) is 13.2 Å². The van der Waals surface area contributed by atoms with Gasteiger partial charge in [-0.3, -0.25) is 25.0 Å². The molecule has 0 aliphatic heterocycles. The molecule has 29 heavy (non-hydrogen) atoms. The van der Waals surface area contributed by atoms with Crippen LogP contribution in [0.2, 0.25) is 0 Å². The maximum absolute atomic E-state index is 12.6. The van der Waals surface area contributed by atoms with Gasteiger partial charge in [0.2, 0.25) is 5.13 Å². The van der Waals surface area contributed by atoms with E-state index in [9.17, 15) is 19.7 Å². The summed E-state index contributed by atoms with van der Waals surface area (Å²) in [5, 5.41) is 21.7. The fraction of sp³-hybridized carbons (Fsp3) is 0.375. The molecule has 0 aliphatic rings. The van der Waals surface area contributed by atoms with Gasteiger partial charge in [-0.05, 0) is 13.8 Å². The SMILES string of the molecule is CCOC(=O)CSc1nnc(NC(=O)c2cc(OC)c(OCC)cc2[N+](=O)[O-])s1. The van der Waals surface area contributed by atoms with Crippen molar-refractivity contribution < 1.29 is 28.7 Å². The maximum Gasteiger partial charge on any atom is 0.316 e. The summed E-state index contributed by atoms with van der Waals surface area (Å²) in [5.74, 6) is -0.748. The van der Waals surface area contributed by atoms with Crippen molar-refractivity contribution in [3.63, 3.8) is 0 Å². The molecule has 0 fully saturated rings. The van der Waals surface area contributed by atoms with Crippen LogP contribution in [0.4, 0.5) is 10.8 Å². The average molecular weight is 442 g/mol. The molecule has 0 saturated heterocycles. The quantitative estimate of drug-likeness (QED) is 0.192. The number of carbonyl (C=O) groups is 2. The molecule has 1 N–H and O–H groups in total. The largest absolute Gasteiger partial charge is 0.493 e. The van der Waals surface area contributed by atoms with Gasteiger partial charge in [-0.1, -0.05) is 23.1 Å².